The van der Waals surface area contributed by atoms with Gasteiger partial charge < -0.3 is 0 Å². The molecule has 0 aliphatic heterocycles. The van der Waals surface area contributed by atoms with Crippen LogP contribution in [0, 0.1) is 0 Å². The number of fused-ring (bicyclic) bond motifs is 4. The average Bonchev–Trinajstić information content (AvgIpc) is 3.03. The van der Waals surface area contributed by atoms with E-state index in [-0.39, 0.29) is 0 Å². The summed E-state index contributed by atoms with van der Waals surface area (Å²) in [6.45, 7) is 0. The van der Waals surface area contributed by atoms with Gasteiger partial charge in [-0.05, 0) is 89.3 Å². The van der Waals surface area contributed by atoms with Gasteiger partial charge in [0.05, 0.1) is 0 Å². The van der Waals surface area contributed by atoms with E-state index in [1.54, 1.807) is 0 Å². The first-order chi connectivity index (χ1) is 19.8. The molecule has 7 aromatic carbocycles. The topological polar surface area (TPSA) is 12.9 Å². The van der Waals surface area contributed by atoms with E-state index in [2.05, 4.69) is 145 Å². The van der Waals surface area contributed by atoms with E-state index in [4.69, 9.17) is 0 Å². The monoisotopic (exact) mass is 507 g/mol. The van der Waals surface area contributed by atoms with Gasteiger partial charge >= 0.3 is 0 Å². The van der Waals surface area contributed by atoms with E-state index in [0.717, 1.165) is 0 Å². The predicted molar refractivity (Wildman–Crippen MR) is 171 cm³/mol. The third-order valence-electron chi connectivity index (χ3n) is 8.12. The van der Waals surface area contributed by atoms with E-state index in [0.29, 0.717) is 0 Å². The molecular formula is C39H25N. The quantitative estimate of drug-likeness (QED) is 0.217. The molecule has 0 spiro atoms. The molecule has 0 amide bonds. The zero-order valence-corrected chi connectivity index (χ0v) is 21.9. The highest BCUT2D eigenvalue weighted by Crippen LogP contribution is 2.45. The molecule has 1 aromatic heterocycles. The summed E-state index contributed by atoms with van der Waals surface area (Å²) in [6.07, 6.45) is 3.95. The molecule has 186 valence electrons. The van der Waals surface area contributed by atoms with E-state index < -0.39 is 0 Å². The number of nitrogens with zero attached hydrogens (tertiary/aromatic N) is 1. The maximum Gasteiger partial charge on any atom is 0.0353 e. The first-order valence-corrected chi connectivity index (χ1v) is 13.7. The van der Waals surface area contributed by atoms with Crippen LogP contribution in [0.4, 0.5) is 0 Å². The minimum atomic E-state index is 1.17. The number of benzene rings is 7. The van der Waals surface area contributed by atoms with Crippen molar-refractivity contribution in [2.75, 3.05) is 0 Å². The summed E-state index contributed by atoms with van der Waals surface area (Å²) in [6, 6.07) is 50.5. The van der Waals surface area contributed by atoms with Crippen molar-refractivity contribution in [3.63, 3.8) is 0 Å². The van der Waals surface area contributed by atoms with Crippen LogP contribution in [-0.4, -0.2) is 4.98 Å². The first kappa shape index (κ1) is 22.7. The first-order valence-electron chi connectivity index (χ1n) is 13.7. The van der Waals surface area contributed by atoms with Crippen LogP contribution in [0.15, 0.2) is 152 Å². The standard InChI is InChI=1S/C39H25N/c1-2-11-28(12-3-1)38-35-21-22-40-25-37(35)39(31-18-17-26-9-4-5-13-29(26)23-31)34-20-19-30(24-36(34)38)33-16-8-14-27-10-6-7-15-32(27)33/h1-25H. The molecule has 0 atom stereocenters. The third kappa shape index (κ3) is 3.60. The van der Waals surface area contributed by atoms with Gasteiger partial charge in [-0.3, -0.25) is 4.98 Å². The Labute approximate surface area is 233 Å². The molecule has 1 nitrogen and oxygen atoms in total. The fraction of sp³-hybridized carbons (Fsp3) is 0. The molecule has 0 radical (unpaired) electrons. The van der Waals surface area contributed by atoms with Crippen molar-refractivity contribution in [3.8, 4) is 33.4 Å². The fourth-order valence-corrected chi connectivity index (χ4v) is 6.29. The molecule has 0 unspecified atom stereocenters. The summed E-state index contributed by atoms with van der Waals surface area (Å²) >= 11 is 0. The van der Waals surface area contributed by atoms with Gasteiger partial charge in [0, 0.05) is 17.8 Å². The molecule has 8 rings (SSSR count). The number of rotatable bonds is 3. The van der Waals surface area contributed by atoms with Crippen LogP contribution in [0.5, 0.6) is 0 Å². The van der Waals surface area contributed by atoms with Gasteiger partial charge in [-0.15, -0.1) is 0 Å². The summed E-state index contributed by atoms with van der Waals surface area (Å²) in [4.78, 5) is 4.60. The predicted octanol–water partition coefficient (Wildman–Crippen LogP) is 10.7. The molecule has 1 heterocycles. The largest absolute Gasteiger partial charge is 0.264 e. The maximum atomic E-state index is 4.60. The van der Waals surface area contributed by atoms with E-state index in [9.17, 15) is 0 Å². The second-order valence-corrected chi connectivity index (χ2v) is 10.4. The zero-order valence-electron chi connectivity index (χ0n) is 21.9. The smallest absolute Gasteiger partial charge is 0.0353 e. The third-order valence-corrected chi connectivity index (χ3v) is 8.12. The molecule has 0 aliphatic rings. The van der Waals surface area contributed by atoms with Crippen molar-refractivity contribution >= 4 is 43.1 Å². The van der Waals surface area contributed by atoms with Crippen molar-refractivity contribution in [3.05, 3.63) is 152 Å². The molecule has 40 heavy (non-hydrogen) atoms. The van der Waals surface area contributed by atoms with Crippen LogP contribution >= 0.6 is 0 Å². The van der Waals surface area contributed by atoms with Crippen LogP contribution in [0.25, 0.3) is 76.5 Å². The molecule has 0 saturated heterocycles. The van der Waals surface area contributed by atoms with Gasteiger partial charge in [0.2, 0.25) is 0 Å². The molecular weight excluding hydrogens is 482 g/mol. The van der Waals surface area contributed by atoms with Crippen LogP contribution in [0.3, 0.4) is 0 Å². The minimum absolute atomic E-state index is 1.17. The highest BCUT2D eigenvalue weighted by Gasteiger charge is 2.18. The summed E-state index contributed by atoms with van der Waals surface area (Å²) in [5.41, 5.74) is 7.37. The molecule has 0 saturated carbocycles. The Morgan fingerprint density at radius 1 is 0.350 bits per heavy atom. The molecule has 0 bridgehead atoms. The number of aromatic nitrogens is 1. The van der Waals surface area contributed by atoms with Crippen molar-refractivity contribution in [2.24, 2.45) is 0 Å². The van der Waals surface area contributed by atoms with Crippen molar-refractivity contribution in [1.29, 1.82) is 0 Å². The minimum Gasteiger partial charge on any atom is -0.264 e. The Hall–Kier alpha value is -5.27. The van der Waals surface area contributed by atoms with Crippen LogP contribution in [-0.2, 0) is 0 Å². The zero-order chi connectivity index (χ0) is 26.5. The SMILES string of the molecule is c1ccc(-c2c3ccncc3c(-c3ccc4ccccc4c3)c3ccc(-c4cccc5ccccc45)cc23)cc1. The number of hydrogen-bond donors (Lipinski definition) is 0. The van der Waals surface area contributed by atoms with Gasteiger partial charge in [-0.2, -0.15) is 0 Å². The highest BCUT2D eigenvalue weighted by molar-refractivity contribution is 6.22. The Morgan fingerprint density at radius 2 is 1.05 bits per heavy atom. The maximum absolute atomic E-state index is 4.60. The van der Waals surface area contributed by atoms with Crippen molar-refractivity contribution < 1.29 is 0 Å². The van der Waals surface area contributed by atoms with Crippen LogP contribution in [0.1, 0.15) is 0 Å². The lowest BCUT2D eigenvalue weighted by molar-refractivity contribution is 1.37. The van der Waals surface area contributed by atoms with Crippen LogP contribution in [0.2, 0.25) is 0 Å². The molecule has 8 aromatic rings. The summed E-state index contributed by atoms with van der Waals surface area (Å²) in [5.74, 6) is 0. The fourth-order valence-electron chi connectivity index (χ4n) is 6.29. The lowest BCUT2D eigenvalue weighted by Gasteiger charge is -2.19. The normalized spacial score (nSPS) is 11.5. The van der Waals surface area contributed by atoms with E-state index in [1.807, 2.05) is 12.4 Å². The van der Waals surface area contributed by atoms with Gasteiger partial charge in [0.15, 0.2) is 0 Å². The Kier molecular flexibility index (Phi) is 5.21. The number of hydrogen-bond acceptors (Lipinski definition) is 1. The van der Waals surface area contributed by atoms with Crippen LogP contribution < -0.4 is 0 Å². The Morgan fingerprint density at radius 3 is 1.95 bits per heavy atom. The summed E-state index contributed by atoms with van der Waals surface area (Å²) in [5, 5.41) is 9.88. The lowest BCUT2D eigenvalue weighted by atomic mass is 9.85. The summed E-state index contributed by atoms with van der Waals surface area (Å²) in [7, 11) is 0. The van der Waals surface area contributed by atoms with E-state index >= 15 is 0 Å². The van der Waals surface area contributed by atoms with Gasteiger partial charge in [-0.1, -0.05) is 121 Å². The molecule has 1 heteroatoms. The lowest BCUT2D eigenvalue weighted by Crippen LogP contribution is -1.92. The highest BCUT2D eigenvalue weighted by atomic mass is 14.6. The van der Waals surface area contributed by atoms with Gasteiger partial charge in [0.1, 0.15) is 0 Å². The Bertz CT molecular complexity index is 2200. The van der Waals surface area contributed by atoms with Gasteiger partial charge in [0.25, 0.3) is 0 Å². The number of pyridine rings is 1. The molecule has 0 aliphatic carbocycles. The van der Waals surface area contributed by atoms with Gasteiger partial charge in [-0.25, -0.2) is 0 Å². The molecule has 0 N–H and O–H groups in total. The Balaban J connectivity index is 1.51. The van der Waals surface area contributed by atoms with E-state index in [1.165, 1.54) is 76.5 Å². The second-order valence-electron chi connectivity index (χ2n) is 10.4. The van der Waals surface area contributed by atoms with Crippen molar-refractivity contribution in [2.45, 2.75) is 0 Å². The van der Waals surface area contributed by atoms with Crippen molar-refractivity contribution in [1.82, 2.24) is 4.98 Å². The summed E-state index contributed by atoms with van der Waals surface area (Å²) < 4.78 is 0. The average molecular weight is 508 g/mol. The molecule has 0 fully saturated rings. The second kappa shape index (κ2) is 9.18.